The maximum Gasteiger partial charge on any atom is 0.319 e. The number of anilines is 1. The number of rotatable bonds is 9. The van der Waals surface area contributed by atoms with Gasteiger partial charge in [0.05, 0.1) is 11.1 Å². The second-order valence-electron chi connectivity index (χ2n) is 11.7. The molecule has 0 saturated carbocycles. The highest BCUT2D eigenvalue weighted by Crippen LogP contribution is 2.36. The van der Waals surface area contributed by atoms with Gasteiger partial charge in [-0.3, -0.25) is 4.90 Å². The minimum absolute atomic E-state index is 0.0590. The first-order chi connectivity index (χ1) is 18.9. The Kier molecular flexibility index (Phi) is 9.51. The van der Waals surface area contributed by atoms with E-state index in [4.69, 9.17) is 4.74 Å². The summed E-state index contributed by atoms with van der Waals surface area (Å²) in [4.78, 5) is 23.2. The summed E-state index contributed by atoms with van der Waals surface area (Å²) in [7, 11) is 0. The lowest BCUT2D eigenvalue weighted by Crippen LogP contribution is -2.44. The quantitative estimate of drug-likeness (QED) is 0.264. The third-order valence-corrected chi connectivity index (χ3v) is 8.03. The standard InChI is InChI=1S/C29H41BrN6O4/c1-17(2)35(13-7-12-31-28(39)34-20-10-8-19(9-11-20)29(4,5)6)15-22-24(37)25(38)27(40-22)36-14-21(30)23-18(3)32-16-33-26(23)36/h8-11,14,16-17,22,24-25,27,37-38H,7,12-13,15H2,1-6H3,(H2,31,34,39)/t22-,24?,25+,27-/m1/s1. The molecule has 3 aromatic rings. The second kappa shape index (κ2) is 12.5. The summed E-state index contributed by atoms with van der Waals surface area (Å²) in [5, 5.41) is 28.4. The van der Waals surface area contributed by atoms with Gasteiger partial charge < -0.3 is 30.2 Å². The number of carbonyl (C=O) groups excluding carboxylic acids is 1. The number of hydrogen-bond acceptors (Lipinski definition) is 7. The Bertz CT molecular complexity index is 1310. The molecule has 0 spiro atoms. The minimum atomic E-state index is -1.11. The number of benzene rings is 1. The molecule has 2 aromatic heterocycles. The van der Waals surface area contributed by atoms with Crippen molar-refractivity contribution in [3.05, 3.63) is 52.5 Å². The fraction of sp³-hybridized carbons (Fsp3) is 0.552. The van der Waals surface area contributed by atoms with Crippen molar-refractivity contribution in [1.82, 2.24) is 24.8 Å². The number of nitrogens with one attached hydrogen (secondary N) is 2. The number of urea groups is 1. The van der Waals surface area contributed by atoms with Crippen molar-refractivity contribution in [3.8, 4) is 0 Å². The van der Waals surface area contributed by atoms with E-state index in [9.17, 15) is 15.0 Å². The van der Waals surface area contributed by atoms with Gasteiger partial charge in [-0.2, -0.15) is 0 Å². The molecular weight excluding hydrogens is 576 g/mol. The monoisotopic (exact) mass is 616 g/mol. The van der Waals surface area contributed by atoms with Crippen LogP contribution in [0.25, 0.3) is 11.0 Å². The largest absolute Gasteiger partial charge is 0.387 e. The average Bonchev–Trinajstić information content (AvgIpc) is 3.37. The third kappa shape index (κ3) is 6.83. The van der Waals surface area contributed by atoms with Crippen LogP contribution in [0.4, 0.5) is 10.5 Å². The molecule has 10 nitrogen and oxygen atoms in total. The minimum Gasteiger partial charge on any atom is -0.387 e. The number of hydrogen-bond donors (Lipinski definition) is 4. The Morgan fingerprint density at radius 1 is 1.18 bits per heavy atom. The molecule has 0 aliphatic carbocycles. The number of aromatic nitrogens is 3. The number of aliphatic hydroxyl groups is 2. The predicted octanol–water partition coefficient (Wildman–Crippen LogP) is 4.34. The molecule has 11 heteroatoms. The predicted molar refractivity (Wildman–Crippen MR) is 159 cm³/mol. The molecule has 0 radical (unpaired) electrons. The molecule has 1 saturated heterocycles. The molecule has 1 unspecified atom stereocenters. The van der Waals surface area contributed by atoms with Crippen molar-refractivity contribution < 1.29 is 19.7 Å². The van der Waals surface area contributed by atoms with Gasteiger partial charge >= 0.3 is 6.03 Å². The SMILES string of the molecule is Cc1ncnc2c1c(Br)cn2[C@@H]1O[C@H](CN(CCCNC(=O)Nc2ccc(C(C)(C)C)cc2)C(C)C)C(O)[C@@H]1O. The average molecular weight is 618 g/mol. The Morgan fingerprint density at radius 2 is 1.88 bits per heavy atom. The fourth-order valence-electron chi connectivity index (χ4n) is 4.99. The molecule has 2 amide bonds. The molecule has 4 N–H and O–H groups in total. The highest BCUT2D eigenvalue weighted by molar-refractivity contribution is 9.10. The number of carbonyl (C=O) groups is 1. The molecule has 40 heavy (non-hydrogen) atoms. The summed E-state index contributed by atoms with van der Waals surface area (Å²) in [5.74, 6) is 0. The van der Waals surface area contributed by atoms with Crippen molar-refractivity contribution >= 4 is 38.7 Å². The van der Waals surface area contributed by atoms with Crippen molar-refractivity contribution in [2.75, 3.05) is 25.0 Å². The van der Waals surface area contributed by atoms with E-state index in [-0.39, 0.29) is 17.5 Å². The molecule has 0 bridgehead atoms. The highest BCUT2D eigenvalue weighted by atomic mass is 79.9. The lowest BCUT2D eigenvalue weighted by Gasteiger charge is -2.30. The van der Waals surface area contributed by atoms with Gasteiger partial charge in [-0.15, -0.1) is 0 Å². The first kappa shape index (κ1) is 30.4. The number of ether oxygens (including phenoxy) is 1. The number of fused-ring (bicyclic) bond motifs is 1. The topological polar surface area (TPSA) is 125 Å². The number of halogens is 1. The van der Waals surface area contributed by atoms with Crippen molar-refractivity contribution in [3.63, 3.8) is 0 Å². The van der Waals surface area contributed by atoms with Crippen LogP contribution in [0.5, 0.6) is 0 Å². The van der Waals surface area contributed by atoms with E-state index in [0.29, 0.717) is 25.3 Å². The second-order valence-corrected chi connectivity index (χ2v) is 12.6. The van der Waals surface area contributed by atoms with Crippen LogP contribution in [-0.2, 0) is 10.2 Å². The lowest BCUT2D eigenvalue weighted by atomic mass is 9.87. The van der Waals surface area contributed by atoms with Crippen LogP contribution >= 0.6 is 15.9 Å². The number of aliphatic hydroxyl groups excluding tert-OH is 2. The Hall–Kier alpha value is -2.57. The first-order valence-electron chi connectivity index (χ1n) is 13.8. The van der Waals surface area contributed by atoms with E-state index in [0.717, 1.165) is 27.7 Å². The summed E-state index contributed by atoms with van der Waals surface area (Å²) in [6, 6.07) is 7.83. The van der Waals surface area contributed by atoms with Gasteiger partial charge in [-0.05, 0) is 66.2 Å². The fourth-order valence-corrected chi connectivity index (χ4v) is 5.68. The smallest absolute Gasteiger partial charge is 0.319 e. The van der Waals surface area contributed by atoms with Crippen LogP contribution in [-0.4, -0.2) is 79.7 Å². The zero-order chi connectivity index (χ0) is 29.2. The molecule has 1 aliphatic rings. The van der Waals surface area contributed by atoms with Crippen LogP contribution in [0.3, 0.4) is 0 Å². The van der Waals surface area contributed by atoms with E-state index in [1.165, 1.54) is 11.9 Å². The van der Waals surface area contributed by atoms with Crippen LogP contribution < -0.4 is 10.6 Å². The summed E-state index contributed by atoms with van der Waals surface area (Å²) in [6.07, 6.45) is 0.472. The summed E-state index contributed by atoms with van der Waals surface area (Å²) in [5.41, 5.74) is 3.46. The maximum absolute atomic E-state index is 12.4. The van der Waals surface area contributed by atoms with Crippen molar-refractivity contribution in [1.29, 1.82) is 0 Å². The van der Waals surface area contributed by atoms with Gasteiger partial charge in [-0.25, -0.2) is 14.8 Å². The first-order valence-corrected chi connectivity index (χ1v) is 14.5. The zero-order valence-corrected chi connectivity index (χ0v) is 25.6. The molecule has 4 atom stereocenters. The van der Waals surface area contributed by atoms with E-state index < -0.39 is 24.5 Å². The Balaban J connectivity index is 1.30. The van der Waals surface area contributed by atoms with E-state index in [1.54, 1.807) is 4.57 Å². The summed E-state index contributed by atoms with van der Waals surface area (Å²) >= 11 is 3.56. The molecule has 4 rings (SSSR count). The normalized spacial score (nSPS) is 21.5. The van der Waals surface area contributed by atoms with E-state index in [2.05, 4.69) is 76.1 Å². The van der Waals surface area contributed by atoms with Crippen LogP contribution in [0.15, 0.2) is 41.3 Å². The van der Waals surface area contributed by atoms with E-state index >= 15 is 0 Å². The van der Waals surface area contributed by atoms with Gasteiger partial charge in [-0.1, -0.05) is 32.9 Å². The third-order valence-electron chi connectivity index (χ3n) is 7.43. The number of amides is 2. The maximum atomic E-state index is 12.4. The molecule has 1 fully saturated rings. The van der Waals surface area contributed by atoms with Crippen LogP contribution in [0.2, 0.25) is 0 Å². The lowest BCUT2D eigenvalue weighted by molar-refractivity contribution is -0.0466. The Morgan fingerprint density at radius 3 is 2.52 bits per heavy atom. The Labute approximate surface area is 244 Å². The van der Waals surface area contributed by atoms with Gasteiger partial charge in [0, 0.05) is 42.0 Å². The van der Waals surface area contributed by atoms with Gasteiger partial charge in [0.1, 0.15) is 30.3 Å². The highest BCUT2D eigenvalue weighted by Gasteiger charge is 2.45. The number of nitrogens with zero attached hydrogens (tertiary/aromatic N) is 4. The molecular formula is C29H41BrN6O4. The van der Waals surface area contributed by atoms with Gasteiger partial charge in [0.25, 0.3) is 0 Å². The van der Waals surface area contributed by atoms with E-state index in [1.807, 2.05) is 37.4 Å². The summed E-state index contributed by atoms with van der Waals surface area (Å²) in [6.45, 7) is 14.1. The van der Waals surface area contributed by atoms with Crippen molar-refractivity contribution in [2.24, 2.45) is 0 Å². The molecule has 3 heterocycles. The summed E-state index contributed by atoms with van der Waals surface area (Å²) < 4.78 is 8.77. The molecule has 218 valence electrons. The molecule has 1 aliphatic heterocycles. The van der Waals surface area contributed by atoms with Gasteiger partial charge in [0.15, 0.2) is 6.23 Å². The molecule has 1 aromatic carbocycles. The number of aryl methyl sites for hydroxylation is 1. The van der Waals surface area contributed by atoms with Crippen molar-refractivity contribution in [2.45, 2.75) is 84.0 Å². The van der Waals surface area contributed by atoms with Crippen LogP contribution in [0.1, 0.15) is 58.5 Å². The van der Waals surface area contributed by atoms with Gasteiger partial charge in [0.2, 0.25) is 0 Å². The zero-order valence-electron chi connectivity index (χ0n) is 24.1. The van der Waals surface area contributed by atoms with Crippen LogP contribution in [0, 0.1) is 6.92 Å².